The molecule has 0 saturated heterocycles. The minimum atomic E-state index is -1.96. The standard InChI is InChI=1S/C6H12N2O5/c1-5(2,7(10)11)6(3,4-9)8(12)13/h9H,4H2,1-3H3. The summed E-state index contributed by atoms with van der Waals surface area (Å²) in [5, 5.41) is 29.9. The van der Waals surface area contributed by atoms with Gasteiger partial charge in [0.1, 0.15) is 6.61 Å². The van der Waals surface area contributed by atoms with Crippen LogP contribution in [0.2, 0.25) is 0 Å². The smallest absolute Gasteiger partial charge is 0.309 e. The number of aliphatic hydroxyl groups excluding tert-OH is 1. The van der Waals surface area contributed by atoms with Crippen LogP contribution in [0.5, 0.6) is 0 Å². The van der Waals surface area contributed by atoms with Gasteiger partial charge in [0.05, 0.1) is 0 Å². The highest BCUT2D eigenvalue weighted by Gasteiger charge is 2.61. The summed E-state index contributed by atoms with van der Waals surface area (Å²) >= 11 is 0. The summed E-state index contributed by atoms with van der Waals surface area (Å²) in [5.74, 6) is 0. The fourth-order valence-electron chi connectivity index (χ4n) is 0.671. The van der Waals surface area contributed by atoms with E-state index in [2.05, 4.69) is 0 Å². The molecule has 76 valence electrons. The fourth-order valence-corrected chi connectivity index (χ4v) is 0.671. The first kappa shape index (κ1) is 11.8. The van der Waals surface area contributed by atoms with Crippen molar-refractivity contribution in [2.75, 3.05) is 6.61 Å². The van der Waals surface area contributed by atoms with Crippen LogP contribution in [0.3, 0.4) is 0 Å². The highest BCUT2D eigenvalue weighted by Crippen LogP contribution is 2.27. The maximum atomic E-state index is 10.5. The second-order valence-corrected chi connectivity index (χ2v) is 3.51. The average molecular weight is 192 g/mol. The molecule has 0 radical (unpaired) electrons. The molecule has 1 atom stereocenters. The Morgan fingerprint density at radius 2 is 1.54 bits per heavy atom. The molecule has 13 heavy (non-hydrogen) atoms. The van der Waals surface area contributed by atoms with Crippen molar-refractivity contribution in [2.24, 2.45) is 0 Å². The first-order valence-corrected chi connectivity index (χ1v) is 3.60. The summed E-state index contributed by atoms with van der Waals surface area (Å²) in [5.41, 5.74) is -3.76. The Balaban J connectivity index is 5.19. The van der Waals surface area contributed by atoms with Gasteiger partial charge in [0.15, 0.2) is 0 Å². The van der Waals surface area contributed by atoms with E-state index in [-0.39, 0.29) is 0 Å². The number of nitro groups is 2. The second kappa shape index (κ2) is 3.25. The fraction of sp³-hybridized carbons (Fsp3) is 1.00. The van der Waals surface area contributed by atoms with Crippen molar-refractivity contribution in [1.29, 1.82) is 0 Å². The van der Waals surface area contributed by atoms with Crippen molar-refractivity contribution in [1.82, 2.24) is 0 Å². The zero-order valence-corrected chi connectivity index (χ0v) is 7.68. The molecule has 0 aliphatic heterocycles. The van der Waals surface area contributed by atoms with Gasteiger partial charge < -0.3 is 5.11 Å². The molecule has 0 fully saturated rings. The molecule has 0 bridgehead atoms. The Bertz CT molecular complexity index is 239. The van der Waals surface area contributed by atoms with Gasteiger partial charge in [-0.15, -0.1) is 0 Å². The third-order valence-corrected chi connectivity index (χ3v) is 2.49. The molecule has 0 aromatic heterocycles. The van der Waals surface area contributed by atoms with E-state index < -0.39 is 27.5 Å². The zero-order chi connectivity index (χ0) is 10.9. The van der Waals surface area contributed by atoms with Gasteiger partial charge in [0.2, 0.25) is 0 Å². The molecule has 0 aromatic carbocycles. The van der Waals surface area contributed by atoms with Crippen LogP contribution in [-0.4, -0.2) is 32.6 Å². The monoisotopic (exact) mass is 192 g/mol. The number of hydrogen-bond acceptors (Lipinski definition) is 5. The van der Waals surface area contributed by atoms with E-state index in [0.717, 1.165) is 20.8 Å². The van der Waals surface area contributed by atoms with E-state index in [4.69, 9.17) is 5.11 Å². The first-order chi connectivity index (χ1) is 5.70. The van der Waals surface area contributed by atoms with Gasteiger partial charge in [-0.25, -0.2) is 0 Å². The van der Waals surface area contributed by atoms with Crippen LogP contribution >= 0.6 is 0 Å². The van der Waals surface area contributed by atoms with Gasteiger partial charge in [-0.1, -0.05) is 0 Å². The van der Waals surface area contributed by atoms with Gasteiger partial charge in [0.25, 0.3) is 5.54 Å². The van der Waals surface area contributed by atoms with E-state index in [1.54, 1.807) is 0 Å². The Morgan fingerprint density at radius 3 is 1.62 bits per heavy atom. The van der Waals surface area contributed by atoms with Crippen LogP contribution in [0.15, 0.2) is 0 Å². The van der Waals surface area contributed by atoms with E-state index in [1.165, 1.54) is 0 Å². The molecule has 0 saturated carbocycles. The second-order valence-electron chi connectivity index (χ2n) is 3.51. The van der Waals surface area contributed by atoms with Crippen LogP contribution in [-0.2, 0) is 0 Å². The SMILES string of the molecule is CC(C)([N+](=O)[O-])C(C)(CO)[N+](=O)[O-]. The highest BCUT2D eigenvalue weighted by molar-refractivity contribution is 4.90. The molecule has 1 unspecified atom stereocenters. The Morgan fingerprint density at radius 1 is 1.15 bits per heavy atom. The van der Waals surface area contributed by atoms with E-state index in [9.17, 15) is 20.2 Å². The average Bonchev–Trinajstić information content (AvgIpc) is 2.01. The molecule has 0 aliphatic rings. The van der Waals surface area contributed by atoms with Crippen molar-refractivity contribution in [3.8, 4) is 0 Å². The molecule has 0 heterocycles. The molecule has 0 aliphatic carbocycles. The van der Waals surface area contributed by atoms with Gasteiger partial charge >= 0.3 is 5.54 Å². The summed E-state index contributed by atoms with van der Waals surface area (Å²) in [6, 6.07) is 0. The molecular weight excluding hydrogens is 180 g/mol. The normalized spacial score (nSPS) is 16.3. The lowest BCUT2D eigenvalue weighted by Crippen LogP contribution is -2.60. The Labute approximate surface area is 74.7 Å². The van der Waals surface area contributed by atoms with E-state index in [1.807, 2.05) is 0 Å². The lowest BCUT2D eigenvalue weighted by molar-refractivity contribution is -0.678. The van der Waals surface area contributed by atoms with E-state index in [0.29, 0.717) is 0 Å². The van der Waals surface area contributed by atoms with Crippen molar-refractivity contribution in [3.05, 3.63) is 20.2 Å². The predicted molar refractivity (Wildman–Crippen MR) is 43.6 cm³/mol. The minimum absolute atomic E-state index is 0.758. The van der Waals surface area contributed by atoms with Crippen LogP contribution < -0.4 is 0 Å². The molecule has 0 amide bonds. The zero-order valence-electron chi connectivity index (χ0n) is 7.68. The van der Waals surface area contributed by atoms with Crippen LogP contribution in [0.25, 0.3) is 0 Å². The lowest BCUT2D eigenvalue weighted by Gasteiger charge is -2.27. The van der Waals surface area contributed by atoms with Gasteiger partial charge in [-0.3, -0.25) is 20.2 Å². The number of nitrogens with zero attached hydrogens (tertiary/aromatic N) is 2. The van der Waals surface area contributed by atoms with Crippen LogP contribution in [0.4, 0.5) is 0 Å². The highest BCUT2D eigenvalue weighted by atomic mass is 16.7. The summed E-state index contributed by atoms with van der Waals surface area (Å²) in [7, 11) is 0. The summed E-state index contributed by atoms with van der Waals surface area (Å²) in [6.45, 7) is 2.42. The minimum Gasteiger partial charge on any atom is -0.389 e. The summed E-state index contributed by atoms with van der Waals surface area (Å²) in [6.07, 6.45) is 0. The maximum absolute atomic E-state index is 10.5. The van der Waals surface area contributed by atoms with E-state index >= 15 is 0 Å². The quantitative estimate of drug-likeness (QED) is 0.501. The Kier molecular flexibility index (Phi) is 2.94. The van der Waals surface area contributed by atoms with Crippen molar-refractivity contribution in [2.45, 2.75) is 31.8 Å². The van der Waals surface area contributed by atoms with Gasteiger partial charge in [-0.2, -0.15) is 0 Å². The largest absolute Gasteiger partial charge is 0.389 e. The topological polar surface area (TPSA) is 107 Å². The molecule has 0 rings (SSSR count). The number of hydrogen-bond donors (Lipinski definition) is 1. The summed E-state index contributed by atoms with van der Waals surface area (Å²) < 4.78 is 0. The maximum Gasteiger partial charge on any atom is 0.309 e. The van der Waals surface area contributed by atoms with Crippen LogP contribution in [0.1, 0.15) is 20.8 Å². The predicted octanol–water partition coefficient (Wildman–Crippen LogP) is 0.0694. The molecule has 0 spiro atoms. The number of rotatable bonds is 4. The third-order valence-electron chi connectivity index (χ3n) is 2.49. The van der Waals surface area contributed by atoms with Gasteiger partial charge in [-0.05, 0) is 0 Å². The lowest BCUT2D eigenvalue weighted by atomic mass is 9.83. The molecule has 7 nitrogen and oxygen atoms in total. The van der Waals surface area contributed by atoms with Crippen LogP contribution in [0, 0.1) is 20.2 Å². The molecular formula is C6H12N2O5. The summed E-state index contributed by atoms with van der Waals surface area (Å²) in [4.78, 5) is 19.5. The molecule has 7 heteroatoms. The van der Waals surface area contributed by atoms with Crippen molar-refractivity contribution < 1.29 is 15.0 Å². The van der Waals surface area contributed by atoms with Crippen molar-refractivity contribution >= 4 is 0 Å². The Hall–Kier alpha value is -1.24. The van der Waals surface area contributed by atoms with Gasteiger partial charge in [0, 0.05) is 30.6 Å². The molecule has 1 N–H and O–H groups in total. The first-order valence-electron chi connectivity index (χ1n) is 3.60. The van der Waals surface area contributed by atoms with Crippen molar-refractivity contribution in [3.63, 3.8) is 0 Å². The number of aliphatic hydroxyl groups is 1. The third kappa shape index (κ3) is 1.59. The molecule has 0 aromatic rings.